The Labute approximate surface area is 126 Å². The first kappa shape index (κ1) is 15.0. The largest absolute Gasteiger partial charge is 0.399 e. The minimum atomic E-state index is -3.58. The molecule has 0 unspecified atom stereocenters. The minimum absolute atomic E-state index is 0.142. The lowest BCUT2D eigenvalue weighted by Gasteiger charge is -2.08. The number of hydrogen-bond acceptors (Lipinski definition) is 4. The Morgan fingerprint density at radius 1 is 1.45 bits per heavy atom. The summed E-state index contributed by atoms with van der Waals surface area (Å²) < 4.78 is 29.1. The van der Waals surface area contributed by atoms with Crippen molar-refractivity contribution in [3.05, 3.63) is 40.6 Å². The molecule has 0 amide bonds. The Morgan fingerprint density at radius 2 is 2.20 bits per heavy atom. The second kappa shape index (κ2) is 5.94. The summed E-state index contributed by atoms with van der Waals surface area (Å²) in [4.78, 5) is 0.142. The van der Waals surface area contributed by atoms with Gasteiger partial charge in [0.2, 0.25) is 10.0 Å². The van der Waals surface area contributed by atoms with E-state index in [4.69, 9.17) is 5.73 Å². The van der Waals surface area contributed by atoms with E-state index in [1.807, 2.05) is 13.2 Å². The lowest BCUT2D eigenvalue weighted by molar-refractivity contribution is 0.581. The average Bonchev–Trinajstić information content (AvgIpc) is 2.78. The predicted octanol–water partition coefficient (Wildman–Crippen LogP) is 1.29. The number of aromatic nitrogens is 2. The monoisotopic (exact) mass is 358 g/mol. The summed E-state index contributed by atoms with van der Waals surface area (Å²) in [5, 5.41) is 4.03. The van der Waals surface area contributed by atoms with Gasteiger partial charge in [-0.25, -0.2) is 13.1 Å². The molecule has 1 aromatic carbocycles. The molecule has 0 atom stereocenters. The van der Waals surface area contributed by atoms with E-state index in [-0.39, 0.29) is 4.90 Å². The SMILES string of the molecule is Cn1cc(CCNS(=O)(=O)c2cc(N)ccc2Br)cn1. The molecule has 0 saturated carbocycles. The molecule has 0 aliphatic carbocycles. The van der Waals surface area contributed by atoms with Crippen molar-refractivity contribution < 1.29 is 8.42 Å². The van der Waals surface area contributed by atoms with Crippen LogP contribution in [0.4, 0.5) is 5.69 Å². The molecule has 3 N–H and O–H groups in total. The average molecular weight is 359 g/mol. The van der Waals surface area contributed by atoms with Crippen LogP contribution < -0.4 is 10.5 Å². The number of benzene rings is 1. The van der Waals surface area contributed by atoms with Gasteiger partial charge in [-0.05, 0) is 46.1 Å². The van der Waals surface area contributed by atoms with Gasteiger partial charge in [0.15, 0.2) is 0 Å². The van der Waals surface area contributed by atoms with Crippen molar-refractivity contribution in [1.29, 1.82) is 0 Å². The Balaban J connectivity index is 2.06. The van der Waals surface area contributed by atoms with Gasteiger partial charge in [0.25, 0.3) is 0 Å². The number of nitrogens with one attached hydrogen (secondary N) is 1. The van der Waals surface area contributed by atoms with Gasteiger partial charge in [-0.3, -0.25) is 4.68 Å². The molecule has 8 heteroatoms. The fourth-order valence-corrected chi connectivity index (χ4v) is 3.76. The van der Waals surface area contributed by atoms with Gasteiger partial charge in [0, 0.05) is 29.9 Å². The van der Waals surface area contributed by atoms with E-state index in [2.05, 4.69) is 25.8 Å². The summed E-state index contributed by atoms with van der Waals surface area (Å²) in [7, 11) is -1.76. The zero-order valence-corrected chi connectivity index (χ0v) is 13.3. The van der Waals surface area contributed by atoms with Gasteiger partial charge in [0.05, 0.1) is 11.1 Å². The van der Waals surface area contributed by atoms with Crippen LogP contribution in [0.15, 0.2) is 40.0 Å². The molecular formula is C12H15BrN4O2S. The van der Waals surface area contributed by atoms with E-state index in [1.54, 1.807) is 23.0 Å². The van der Waals surface area contributed by atoms with Crippen LogP contribution in [0.25, 0.3) is 0 Å². The Kier molecular flexibility index (Phi) is 4.46. The van der Waals surface area contributed by atoms with E-state index < -0.39 is 10.0 Å². The molecule has 2 rings (SSSR count). The van der Waals surface area contributed by atoms with Crippen molar-refractivity contribution in [3.63, 3.8) is 0 Å². The Morgan fingerprint density at radius 3 is 2.85 bits per heavy atom. The summed E-state index contributed by atoms with van der Waals surface area (Å²) in [5.41, 5.74) is 7.00. The smallest absolute Gasteiger partial charge is 0.241 e. The Bertz CT molecular complexity index is 712. The first-order valence-electron chi connectivity index (χ1n) is 5.91. The lowest BCUT2D eigenvalue weighted by Crippen LogP contribution is -2.26. The van der Waals surface area contributed by atoms with Gasteiger partial charge in [-0.2, -0.15) is 5.10 Å². The number of hydrogen-bond donors (Lipinski definition) is 2. The molecule has 20 heavy (non-hydrogen) atoms. The van der Waals surface area contributed by atoms with Crippen LogP contribution in [0.1, 0.15) is 5.56 Å². The van der Waals surface area contributed by atoms with E-state index in [9.17, 15) is 8.42 Å². The highest BCUT2D eigenvalue weighted by atomic mass is 79.9. The molecule has 0 radical (unpaired) electrons. The maximum absolute atomic E-state index is 12.2. The third kappa shape index (κ3) is 3.59. The van der Waals surface area contributed by atoms with Gasteiger partial charge in [-0.15, -0.1) is 0 Å². The van der Waals surface area contributed by atoms with Crippen LogP contribution >= 0.6 is 15.9 Å². The fourth-order valence-electron chi connectivity index (χ4n) is 1.73. The number of sulfonamides is 1. The number of nitrogen functional groups attached to an aromatic ring is 1. The first-order valence-corrected chi connectivity index (χ1v) is 8.18. The number of halogens is 1. The number of nitrogens with zero attached hydrogens (tertiary/aromatic N) is 2. The molecule has 0 aliphatic rings. The van der Waals surface area contributed by atoms with Crippen LogP contribution in [0.3, 0.4) is 0 Å². The third-order valence-corrected chi connectivity index (χ3v) is 5.16. The molecule has 6 nitrogen and oxygen atoms in total. The van der Waals surface area contributed by atoms with E-state index in [0.29, 0.717) is 23.1 Å². The molecule has 0 spiro atoms. The normalized spacial score (nSPS) is 11.7. The van der Waals surface area contributed by atoms with Crippen LogP contribution in [0, 0.1) is 0 Å². The van der Waals surface area contributed by atoms with Crippen molar-refractivity contribution in [1.82, 2.24) is 14.5 Å². The highest BCUT2D eigenvalue weighted by Crippen LogP contribution is 2.23. The van der Waals surface area contributed by atoms with Crippen LogP contribution in [0.2, 0.25) is 0 Å². The quantitative estimate of drug-likeness (QED) is 0.787. The molecule has 2 aromatic rings. The molecule has 1 heterocycles. The fraction of sp³-hybridized carbons (Fsp3) is 0.250. The maximum Gasteiger partial charge on any atom is 0.241 e. The third-order valence-electron chi connectivity index (χ3n) is 2.71. The molecule has 0 bridgehead atoms. The van der Waals surface area contributed by atoms with Crippen molar-refractivity contribution >= 4 is 31.6 Å². The highest BCUT2D eigenvalue weighted by molar-refractivity contribution is 9.10. The summed E-state index contributed by atoms with van der Waals surface area (Å²) in [6.07, 6.45) is 4.14. The van der Waals surface area contributed by atoms with Gasteiger partial charge >= 0.3 is 0 Å². The van der Waals surface area contributed by atoms with Gasteiger partial charge in [0.1, 0.15) is 0 Å². The number of nitrogens with two attached hydrogens (primary N) is 1. The standard InChI is InChI=1S/C12H15BrN4O2S/c1-17-8-9(7-15-17)4-5-16-20(18,19)12-6-10(14)2-3-11(12)13/h2-3,6-8,16H,4-5,14H2,1H3. The summed E-state index contributed by atoms with van der Waals surface area (Å²) >= 11 is 3.22. The van der Waals surface area contributed by atoms with E-state index in [1.165, 1.54) is 6.07 Å². The van der Waals surface area contributed by atoms with Gasteiger partial charge in [-0.1, -0.05) is 0 Å². The zero-order chi connectivity index (χ0) is 14.8. The topological polar surface area (TPSA) is 90.0 Å². The van der Waals surface area contributed by atoms with Crippen LogP contribution in [0.5, 0.6) is 0 Å². The molecule has 108 valence electrons. The molecule has 1 aromatic heterocycles. The highest BCUT2D eigenvalue weighted by Gasteiger charge is 2.17. The molecule has 0 fully saturated rings. The minimum Gasteiger partial charge on any atom is -0.399 e. The molecule has 0 aliphatic heterocycles. The predicted molar refractivity (Wildman–Crippen MR) is 80.7 cm³/mol. The molecule has 0 saturated heterocycles. The second-order valence-corrected chi connectivity index (χ2v) is 6.95. The first-order chi connectivity index (χ1) is 9.38. The zero-order valence-electron chi connectivity index (χ0n) is 10.9. The summed E-state index contributed by atoms with van der Waals surface area (Å²) in [6.45, 7) is 0.301. The van der Waals surface area contributed by atoms with Crippen molar-refractivity contribution in [2.24, 2.45) is 7.05 Å². The summed E-state index contributed by atoms with van der Waals surface area (Å²) in [5.74, 6) is 0. The van der Waals surface area contributed by atoms with Gasteiger partial charge < -0.3 is 5.73 Å². The van der Waals surface area contributed by atoms with Crippen molar-refractivity contribution in [2.45, 2.75) is 11.3 Å². The Hall–Kier alpha value is -1.38. The number of rotatable bonds is 5. The number of anilines is 1. The van der Waals surface area contributed by atoms with E-state index in [0.717, 1.165) is 5.56 Å². The van der Waals surface area contributed by atoms with Crippen molar-refractivity contribution in [2.75, 3.05) is 12.3 Å². The maximum atomic E-state index is 12.2. The lowest BCUT2D eigenvalue weighted by atomic mass is 10.3. The van der Waals surface area contributed by atoms with Crippen LogP contribution in [-0.2, 0) is 23.5 Å². The number of aryl methyl sites for hydroxylation is 1. The molecular weight excluding hydrogens is 344 g/mol. The second-order valence-electron chi connectivity index (χ2n) is 4.36. The van der Waals surface area contributed by atoms with Crippen LogP contribution in [-0.4, -0.2) is 24.7 Å². The van der Waals surface area contributed by atoms with E-state index >= 15 is 0 Å². The van der Waals surface area contributed by atoms with Crippen molar-refractivity contribution in [3.8, 4) is 0 Å². The summed E-state index contributed by atoms with van der Waals surface area (Å²) in [6, 6.07) is 4.68.